The van der Waals surface area contributed by atoms with Crippen molar-refractivity contribution < 1.29 is 19.0 Å². The highest BCUT2D eigenvalue weighted by Gasteiger charge is 2.11. The summed E-state index contributed by atoms with van der Waals surface area (Å²) in [4.78, 5) is 0. The van der Waals surface area contributed by atoms with Crippen LogP contribution in [0.4, 0.5) is 4.39 Å². The molecule has 0 aliphatic rings. The van der Waals surface area contributed by atoms with Crippen LogP contribution in [0.25, 0.3) is 0 Å². The molecule has 5 heteroatoms. The highest BCUT2D eigenvalue weighted by molar-refractivity contribution is 5.43. The van der Waals surface area contributed by atoms with E-state index in [0.29, 0.717) is 23.6 Å². The van der Waals surface area contributed by atoms with Crippen LogP contribution in [0.1, 0.15) is 24.1 Å². The van der Waals surface area contributed by atoms with Gasteiger partial charge in [0.15, 0.2) is 11.5 Å². The summed E-state index contributed by atoms with van der Waals surface area (Å²) in [6.07, 6.45) is 0. The third kappa shape index (κ3) is 4.68. The van der Waals surface area contributed by atoms with Gasteiger partial charge in [0, 0.05) is 18.2 Å². The topological polar surface area (TPSA) is 50.7 Å². The van der Waals surface area contributed by atoms with Crippen LogP contribution in [-0.4, -0.2) is 25.4 Å². The van der Waals surface area contributed by atoms with Crippen molar-refractivity contribution in [2.24, 2.45) is 0 Å². The molecule has 0 bridgehead atoms. The van der Waals surface area contributed by atoms with Gasteiger partial charge in [-0.15, -0.1) is 0 Å². The lowest BCUT2D eigenvalue weighted by atomic mass is 10.1. The molecular formula is C18H22FNO3. The second-order valence-corrected chi connectivity index (χ2v) is 5.18. The maximum atomic E-state index is 13.6. The van der Waals surface area contributed by atoms with Crippen LogP contribution in [0.5, 0.6) is 11.5 Å². The Hall–Kier alpha value is -2.11. The Morgan fingerprint density at radius 3 is 2.65 bits per heavy atom. The zero-order chi connectivity index (χ0) is 16.7. The van der Waals surface area contributed by atoms with E-state index in [9.17, 15) is 4.39 Å². The predicted molar refractivity (Wildman–Crippen MR) is 87.2 cm³/mol. The molecule has 0 saturated carbocycles. The molecule has 0 heterocycles. The van der Waals surface area contributed by atoms with E-state index in [-0.39, 0.29) is 25.1 Å². The molecule has 23 heavy (non-hydrogen) atoms. The molecule has 1 unspecified atom stereocenters. The molecule has 0 radical (unpaired) electrons. The van der Waals surface area contributed by atoms with E-state index in [1.807, 2.05) is 31.2 Å². The van der Waals surface area contributed by atoms with Gasteiger partial charge in [-0.2, -0.15) is 0 Å². The van der Waals surface area contributed by atoms with E-state index in [4.69, 9.17) is 14.6 Å². The van der Waals surface area contributed by atoms with Gasteiger partial charge < -0.3 is 19.9 Å². The minimum atomic E-state index is -0.211. The summed E-state index contributed by atoms with van der Waals surface area (Å²) in [7, 11) is 1.57. The number of ether oxygens (including phenoxy) is 2. The third-order valence-electron chi connectivity index (χ3n) is 3.59. The molecule has 0 fully saturated rings. The smallest absolute Gasteiger partial charge is 0.161 e. The summed E-state index contributed by atoms with van der Waals surface area (Å²) in [5, 5.41) is 12.1. The normalized spacial score (nSPS) is 12.0. The number of rotatable bonds is 8. The number of nitrogens with one attached hydrogen (secondary N) is 1. The molecule has 0 spiro atoms. The van der Waals surface area contributed by atoms with Gasteiger partial charge in [0.05, 0.1) is 13.7 Å². The highest BCUT2D eigenvalue weighted by Crippen LogP contribution is 2.30. The monoisotopic (exact) mass is 319 g/mol. The van der Waals surface area contributed by atoms with Gasteiger partial charge >= 0.3 is 0 Å². The largest absolute Gasteiger partial charge is 0.493 e. The molecule has 2 N–H and O–H groups in total. The molecular weight excluding hydrogens is 297 g/mol. The lowest BCUT2D eigenvalue weighted by Gasteiger charge is -2.17. The second-order valence-electron chi connectivity index (χ2n) is 5.18. The summed E-state index contributed by atoms with van der Waals surface area (Å²) < 4.78 is 24.4. The van der Waals surface area contributed by atoms with Crippen LogP contribution >= 0.6 is 0 Å². The van der Waals surface area contributed by atoms with Crippen LogP contribution < -0.4 is 14.8 Å². The zero-order valence-electron chi connectivity index (χ0n) is 13.4. The van der Waals surface area contributed by atoms with Gasteiger partial charge in [0.1, 0.15) is 12.4 Å². The first kappa shape index (κ1) is 17.2. The van der Waals surface area contributed by atoms with E-state index in [2.05, 4.69) is 5.32 Å². The summed E-state index contributed by atoms with van der Waals surface area (Å²) in [5.41, 5.74) is 1.64. The fourth-order valence-corrected chi connectivity index (χ4v) is 2.25. The van der Waals surface area contributed by atoms with E-state index < -0.39 is 0 Å². The SMILES string of the molecule is COc1cc(C(C)NCc2ccccc2F)ccc1OCCO. The Bertz CT molecular complexity index is 633. The highest BCUT2D eigenvalue weighted by atomic mass is 19.1. The molecule has 0 aliphatic carbocycles. The zero-order valence-corrected chi connectivity index (χ0v) is 13.4. The maximum Gasteiger partial charge on any atom is 0.161 e. The Morgan fingerprint density at radius 1 is 1.17 bits per heavy atom. The molecule has 2 aromatic carbocycles. The Morgan fingerprint density at radius 2 is 1.96 bits per heavy atom. The van der Waals surface area contributed by atoms with Gasteiger partial charge in [-0.1, -0.05) is 24.3 Å². The molecule has 0 saturated heterocycles. The lowest BCUT2D eigenvalue weighted by molar-refractivity contribution is 0.196. The second kappa shape index (κ2) is 8.50. The fourth-order valence-electron chi connectivity index (χ4n) is 2.25. The van der Waals surface area contributed by atoms with Crippen LogP contribution in [-0.2, 0) is 6.54 Å². The molecule has 124 valence electrons. The van der Waals surface area contributed by atoms with E-state index in [1.54, 1.807) is 19.2 Å². The molecule has 0 aliphatic heterocycles. The van der Waals surface area contributed by atoms with Crippen LogP contribution in [0.2, 0.25) is 0 Å². The van der Waals surface area contributed by atoms with Gasteiger partial charge in [0.2, 0.25) is 0 Å². The standard InChI is InChI=1S/C18H22FNO3/c1-13(20-12-15-5-3-4-6-16(15)19)14-7-8-17(23-10-9-21)18(11-14)22-2/h3-8,11,13,20-21H,9-10,12H2,1-2H3. The minimum Gasteiger partial charge on any atom is -0.493 e. The number of methoxy groups -OCH3 is 1. The van der Waals surface area contributed by atoms with Crippen molar-refractivity contribution in [2.45, 2.75) is 19.5 Å². The minimum absolute atomic E-state index is 0.0235. The van der Waals surface area contributed by atoms with E-state index in [1.165, 1.54) is 6.07 Å². The Balaban J connectivity index is 2.04. The Labute approximate surface area is 135 Å². The van der Waals surface area contributed by atoms with Crippen LogP contribution in [0.3, 0.4) is 0 Å². The van der Waals surface area contributed by atoms with Gasteiger partial charge in [-0.3, -0.25) is 0 Å². The van der Waals surface area contributed by atoms with Crippen molar-refractivity contribution in [1.29, 1.82) is 0 Å². The first-order valence-corrected chi connectivity index (χ1v) is 7.54. The molecule has 1 atom stereocenters. The molecule has 2 rings (SSSR count). The van der Waals surface area contributed by atoms with Crippen LogP contribution in [0.15, 0.2) is 42.5 Å². The fraction of sp³-hybridized carbons (Fsp3) is 0.333. The molecule has 4 nitrogen and oxygen atoms in total. The first-order chi connectivity index (χ1) is 11.2. The molecule has 2 aromatic rings. The third-order valence-corrected chi connectivity index (χ3v) is 3.59. The van der Waals surface area contributed by atoms with Crippen molar-refractivity contribution in [3.8, 4) is 11.5 Å². The molecule has 0 aromatic heterocycles. The summed E-state index contributed by atoms with van der Waals surface area (Å²) in [5.74, 6) is 0.986. The number of aliphatic hydroxyl groups is 1. The summed E-state index contributed by atoms with van der Waals surface area (Å²) in [6.45, 7) is 2.62. The van der Waals surface area contributed by atoms with Gasteiger partial charge in [-0.05, 0) is 30.7 Å². The van der Waals surface area contributed by atoms with Gasteiger partial charge in [0.25, 0.3) is 0 Å². The number of hydrogen-bond acceptors (Lipinski definition) is 4. The van der Waals surface area contributed by atoms with Crippen molar-refractivity contribution in [3.05, 3.63) is 59.4 Å². The van der Waals surface area contributed by atoms with Crippen molar-refractivity contribution in [3.63, 3.8) is 0 Å². The van der Waals surface area contributed by atoms with Gasteiger partial charge in [-0.25, -0.2) is 4.39 Å². The van der Waals surface area contributed by atoms with E-state index >= 15 is 0 Å². The molecule has 0 amide bonds. The summed E-state index contributed by atoms with van der Waals surface area (Å²) >= 11 is 0. The number of aliphatic hydroxyl groups excluding tert-OH is 1. The number of benzene rings is 2. The van der Waals surface area contributed by atoms with E-state index in [0.717, 1.165) is 5.56 Å². The predicted octanol–water partition coefficient (Wildman–Crippen LogP) is 3.06. The summed E-state index contributed by atoms with van der Waals surface area (Å²) in [6, 6.07) is 12.4. The Kier molecular flexibility index (Phi) is 6.38. The number of hydrogen-bond donors (Lipinski definition) is 2. The maximum absolute atomic E-state index is 13.6. The van der Waals surface area contributed by atoms with Crippen LogP contribution in [0, 0.1) is 5.82 Å². The lowest BCUT2D eigenvalue weighted by Crippen LogP contribution is -2.19. The van der Waals surface area contributed by atoms with Crippen molar-refractivity contribution in [1.82, 2.24) is 5.32 Å². The average Bonchev–Trinajstić information content (AvgIpc) is 2.58. The first-order valence-electron chi connectivity index (χ1n) is 7.54. The van der Waals surface area contributed by atoms with Crippen molar-refractivity contribution in [2.75, 3.05) is 20.3 Å². The quantitative estimate of drug-likeness (QED) is 0.785. The van der Waals surface area contributed by atoms with Crippen molar-refractivity contribution >= 4 is 0 Å². The average molecular weight is 319 g/mol. The number of halogens is 1.